The van der Waals surface area contributed by atoms with Gasteiger partial charge in [-0.15, -0.1) is 23.2 Å². The molecule has 1 unspecified atom stereocenters. The Morgan fingerprint density at radius 2 is 1.91 bits per heavy atom. The van der Waals surface area contributed by atoms with E-state index in [0.717, 1.165) is 18.6 Å². The Morgan fingerprint density at radius 1 is 1.36 bits per heavy atom. The van der Waals surface area contributed by atoms with E-state index < -0.39 is 10.8 Å². The molecule has 1 nitrogen and oxygen atoms in total. The molecule has 0 radical (unpaired) electrons. The Morgan fingerprint density at radius 3 is 2.27 bits per heavy atom. The summed E-state index contributed by atoms with van der Waals surface area (Å²) in [6.07, 6.45) is 2.07. The van der Waals surface area contributed by atoms with Crippen LogP contribution in [0.2, 0.25) is 0 Å². The van der Waals surface area contributed by atoms with Gasteiger partial charge in [0.1, 0.15) is 0 Å². The molecule has 0 fully saturated rings. The maximum atomic E-state index is 11.3. The van der Waals surface area contributed by atoms with Crippen LogP contribution >= 0.6 is 23.2 Å². The molecule has 1 atom stereocenters. The SMILES string of the molecule is CCCCS(=O)C(CCl)CCl. The average Bonchev–Trinajstić information content (AvgIpc) is 2.03. The molecule has 68 valence electrons. The summed E-state index contributed by atoms with van der Waals surface area (Å²) in [4.78, 5) is 0. The summed E-state index contributed by atoms with van der Waals surface area (Å²) in [5, 5.41) is -0.0233. The third-order valence-corrected chi connectivity index (χ3v) is 4.29. The number of unbranched alkanes of at least 4 members (excludes halogenated alkanes) is 1. The predicted octanol–water partition coefficient (Wildman–Crippen LogP) is 2.38. The zero-order valence-electron chi connectivity index (χ0n) is 6.69. The normalized spacial score (nSPS) is 13.8. The highest BCUT2D eigenvalue weighted by Crippen LogP contribution is 2.04. The average molecular weight is 217 g/mol. The lowest BCUT2D eigenvalue weighted by Crippen LogP contribution is -2.21. The van der Waals surface area contributed by atoms with Crippen molar-refractivity contribution >= 4 is 34.0 Å². The third kappa shape index (κ3) is 5.05. The highest BCUT2D eigenvalue weighted by atomic mass is 35.5. The molecule has 0 rings (SSSR count). The van der Waals surface area contributed by atoms with Gasteiger partial charge < -0.3 is 0 Å². The van der Waals surface area contributed by atoms with Crippen LogP contribution in [0.5, 0.6) is 0 Å². The molecule has 0 saturated carbocycles. The fourth-order valence-electron chi connectivity index (χ4n) is 0.635. The number of hydrogen-bond acceptors (Lipinski definition) is 1. The van der Waals surface area contributed by atoms with Crippen molar-refractivity contribution in [1.29, 1.82) is 0 Å². The number of halogens is 2. The third-order valence-electron chi connectivity index (χ3n) is 1.42. The van der Waals surface area contributed by atoms with Crippen LogP contribution in [0.4, 0.5) is 0 Å². The molecule has 0 aliphatic carbocycles. The minimum atomic E-state index is -0.822. The fourth-order valence-corrected chi connectivity index (χ4v) is 3.00. The zero-order chi connectivity index (χ0) is 8.69. The zero-order valence-corrected chi connectivity index (χ0v) is 9.01. The van der Waals surface area contributed by atoms with Gasteiger partial charge in [0.05, 0.1) is 5.25 Å². The van der Waals surface area contributed by atoms with Crippen molar-refractivity contribution in [1.82, 2.24) is 0 Å². The van der Waals surface area contributed by atoms with Gasteiger partial charge in [0.2, 0.25) is 0 Å². The topological polar surface area (TPSA) is 17.1 Å². The Hall–Kier alpha value is 0.730. The van der Waals surface area contributed by atoms with Gasteiger partial charge in [-0.05, 0) is 6.42 Å². The number of alkyl halides is 2. The highest BCUT2D eigenvalue weighted by Gasteiger charge is 2.12. The molecule has 0 spiro atoms. The van der Waals surface area contributed by atoms with Crippen LogP contribution in [0.15, 0.2) is 0 Å². The van der Waals surface area contributed by atoms with E-state index >= 15 is 0 Å². The van der Waals surface area contributed by atoms with Crippen molar-refractivity contribution in [2.75, 3.05) is 17.5 Å². The quantitative estimate of drug-likeness (QED) is 0.624. The molecule has 0 aliphatic rings. The number of hydrogen-bond donors (Lipinski definition) is 0. The molecule has 0 aromatic heterocycles. The summed E-state index contributed by atoms with van der Waals surface area (Å²) in [5.41, 5.74) is 0. The minimum absolute atomic E-state index is 0.0233. The predicted molar refractivity (Wildman–Crippen MR) is 53.1 cm³/mol. The Labute approximate surface area is 80.9 Å². The van der Waals surface area contributed by atoms with Crippen molar-refractivity contribution in [3.63, 3.8) is 0 Å². The van der Waals surface area contributed by atoms with Crippen molar-refractivity contribution < 1.29 is 4.21 Å². The summed E-state index contributed by atoms with van der Waals surface area (Å²) in [5.74, 6) is 1.54. The van der Waals surface area contributed by atoms with Crippen molar-refractivity contribution in [3.05, 3.63) is 0 Å². The summed E-state index contributed by atoms with van der Waals surface area (Å²) in [7, 11) is -0.822. The second kappa shape index (κ2) is 7.38. The molecule has 0 aromatic carbocycles. The highest BCUT2D eigenvalue weighted by molar-refractivity contribution is 7.85. The van der Waals surface area contributed by atoms with Gasteiger partial charge in [0.15, 0.2) is 0 Å². The Bertz CT molecular complexity index is 115. The lowest BCUT2D eigenvalue weighted by Gasteiger charge is -2.08. The lowest BCUT2D eigenvalue weighted by molar-refractivity contribution is 0.674. The van der Waals surface area contributed by atoms with E-state index in [-0.39, 0.29) is 5.25 Å². The summed E-state index contributed by atoms with van der Waals surface area (Å²) in [6.45, 7) is 2.08. The van der Waals surface area contributed by atoms with E-state index in [1.165, 1.54) is 0 Å². The van der Waals surface area contributed by atoms with Crippen LogP contribution in [0, 0.1) is 0 Å². The standard InChI is InChI=1S/C7H14Cl2OS/c1-2-3-4-11(10)7(5-8)6-9/h7H,2-6H2,1H3. The van der Waals surface area contributed by atoms with E-state index in [2.05, 4.69) is 6.92 Å². The molecule has 0 bridgehead atoms. The maximum absolute atomic E-state index is 11.3. The largest absolute Gasteiger partial charge is 0.259 e. The first-order valence-corrected chi connectivity index (χ1v) is 6.20. The first-order chi connectivity index (χ1) is 5.26. The molecule has 0 heterocycles. The monoisotopic (exact) mass is 216 g/mol. The van der Waals surface area contributed by atoms with Gasteiger partial charge in [0, 0.05) is 28.3 Å². The van der Waals surface area contributed by atoms with Gasteiger partial charge in [-0.25, -0.2) is 0 Å². The lowest BCUT2D eigenvalue weighted by atomic mass is 10.4. The molecule has 4 heteroatoms. The first kappa shape index (κ1) is 11.7. The van der Waals surface area contributed by atoms with Crippen LogP contribution in [0.1, 0.15) is 19.8 Å². The van der Waals surface area contributed by atoms with E-state index in [0.29, 0.717) is 11.8 Å². The van der Waals surface area contributed by atoms with Crippen LogP contribution in [0.3, 0.4) is 0 Å². The minimum Gasteiger partial charge on any atom is -0.259 e. The second-order valence-corrected chi connectivity index (χ2v) is 4.82. The van der Waals surface area contributed by atoms with Gasteiger partial charge in [0.25, 0.3) is 0 Å². The van der Waals surface area contributed by atoms with Crippen LogP contribution in [0.25, 0.3) is 0 Å². The molecule has 0 N–H and O–H groups in total. The fraction of sp³-hybridized carbons (Fsp3) is 1.00. The molecule has 0 aliphatic heterocycles. The molecular weight excluding hydrogens is 203 g/mol. The summed E-state index contributed by atoms with van der Waals surface area (Å²) < 4.78 is 11.3. The number of rotatable bonds is 6. The van der Waals surface area contributed by atoms with Crippen LogP contribution in [-0.2, 0) is 10.8 Å². The van der Waals surface area contributed by atoms with Gasteiger partial charge in [-0.2, -0.15) is 0 Å². The van der Waals surface area contributed by atoms with E-state index in [9.17, 15) is 4.21 Å². The second-order valence-electron chi connectivity index (χ2n) is 2.37. The van der Waals surface area contributed by atoms with E-state index in [1.54, 1.807) is 0 Å². The maximum Gasteiger partial charge on any atom is 0.0618 e. The Balaban J connectivity index is 3.61. The molecule has 0 aromatic rings. The van der Waals surface area contributed by atoms with Crippen molar-refractivity contribution in [3.8, 4) is 0 Å². The van der Waals surface area contributed by atoms with Gasteiger partial charge in [-0.1, -0.05) is 13.3 Å². The smallest absolute Gasteiger partial charge is 0.0618 e. The van der Waals surface area contributed by atoms with E-state index in [1.807, 2.05) is 0 Å². The molecule has 0 saturated heterocycles. The van der Waals surface area contributed by atoms with Crippen LogP contribution in [-0.4, -0.2) is 27.0 Å². The van der Waals surface area contributed by atoms with Crippen molar-refractivity contribution in [2.45, 2.75) is 25.0 Å². The first-order valence-electron chi connectivity index (χ1n) is 3.75. The Kier molecular flexibility index (Phi) is 7.87. The van der Waals surface area contributed by atoms with Crippen LogP contribution < -0.4 is 0 Å². The summed E-state index contributed by atoms with van der Waals surface area (Å²) in [6, 6.07) is 0. The van der Waals surface area contributed by atoms with Crippen molar-refractivity contribution in [2.24, 2.45) is 0 Å². The molecule has 0 amide bonds. The molecular formula is C7H14Cl2OS. The molecule has 11 heavy (non-hydrogen) atoms. The van der Waals surface area contributed by atoms with E-state index in [4.69, 9.17) is 23.2 Å². The van der Waals surface area contributed by atoms with Gasteiger partial charge >= 0.3 is 0 Å². The summed E-state index contributed by atoms with van der Waals surface area (Å²) >= 11 is 11.1. The van der Waals surface area contributed by atoms with Gasteiger partial charge in [-0.3, -0.25) is 4.21 Å².